The molecule has 1 saturated carbocycles. The normalized spacial score (nSPS) is 26.8. The van der Waals surface area contributed by atoms with Gasteiger partial charge in [-0.1, -0.05) is 12.8 Å². The lowest BCUT2D eigenvalue weighted by atomic mass is 9.85. The number of aliphatic carboxylic acids is 1. The van der Waals surface area contributed by atoms with Gasteiger partial charge in [0.15, 0.2) is 4.90 Å². The third-order valence-corrected chi connectivity index (χ3v) is 6.96. The molecule has 25 heavy (non-hydrogen) atoms. The molecule has 134 valence electrons. The van der Waals surface area contributed by atoms with Gasteiger partial charge in [-0.3, -0.25) is 4.79 Å². The van der Waals surface area contributed by atoms with Crippen LogP contribution in [0.5, 0.6) is 0 Å². The van der Waals surface area contributed by atoms with Crippen molar-refractivity contribution in [3.05, 3.63) is 29.3 Å². The average Bonchev–Trinajstić information content (AvgIpc) is 2.94. The quantitative estimate of drug-likeness (QED) is 0.880. The van der Waals surface area contributed by atoms with Crippen molar-refractivity contribution in [1.29, 1.82) is 5.26 Å². The minimum Gasteiger partial charge on any atom is -0.480 e. The second-order valence-corrected chi connectivity index (χ2v) is 8.20. The first-order chi connectivity index (χ1) is 11.8. The van der Waals surface area contributed by atoms with Crippen molar-refractivity contribution in [2.45, 2.75) is 49.1 Å². The number of fused-ring (bicyclic) bond motifs is 1. The summed E-state index contributed by atoms with van der Waals surface area (Å²) in [6.07, 6.45) is 2.91. The second kappa shape index (κ2) is 6.35. The van der Waals surface area contributed by atoms with E-state index in [4.69, 9.17) is 5.26 Å². The van der Waals surface area contributed by atoms with E-state index in [1.807, 2.05) is 0 Å². The van der Waals surface area contributed by atoms with Crippen LogP contribution in [0.2, 0.25) is 0 Å². The number of nitriles is 1. The fourth-order valence-electron chi connectivity index (χ4n) is 3.95. The summed E-state index contributed by atoms with van der Waals surface area (Å²) in [7, 11) is -4.70. The first kappa shape index (κ1) is 17.8. The maximum atomic E-state index is 14.3. The Morgan fingerprint density at radius 2 is 1.84 bits per heavy atom. The lowest BCUT2D eigenvalue weighted by Gasteiger charge is -2.32. The smallest absolute Gasteiger partial charge is 0.322 e. The zero-order valence-electron chi connectivity index (χ0n) is 13.2. The van der Waals surface area contributed by atoms with Gasteiger partial charge in [0.05, 0.1) is 11.6 Å². The number of halogens is 2. The van der Waals surface area contributed by atoms with Gasteiger partial charge in [-0.25, -0.2) is 17.2 Å². The molecule has 1 aromatic carbocycles. The van der Waals surface area contributed by atoms with Crippen LogP contribution >= 0.6 is 0 Å². The van der Waals surface area contributed by atoms with Crippen LogP contribution in [-0.2, 0) is 14.8 Å². The Morgan fingerprint density at radius 1 is 1.24 bits per heavy atom. The molecule has 9 heteroatoms. The predicted molar refractivity (Wildman–Crippen MR) is 81.9 cm³/mol. The molecule has 2 fully saturated rings. The van der Waals surface area contributed by atoms with E-state index in [0.717, 1.165) is 17.1 Å². The van der Waals surface area contributed by atoms with Gasteiger partial charge in [-0.2, -0.15) is 9.57 Å². The van der Waals surface area contributed by atoms with Gasteiger partial charge in [0.25, 0.3) is 0 Å². The molecule has 1 aromatic rings. The molecule has 2 aliphatic rings. The zero-order chi connectivity index (χ0) is 18.4. The molecule has 0 bridgehead atoms. The Labute approximate surface area is 143 Å². The van der Waals surface area contributed by atoms with Crippen molar-refractivity contribution in [3.63, 3.8) is 0 Å². The number of rotatable bonds is 3. The number of carboxylic acid groups (broad SMARTS) is 1. The first-order valence-electron chi connectivity index (χ1n) is 7.93. The Morgan fingerprint density at radius 3 is 2.40 bits per heavy atom. The predicted octanol–water partition coefficient (Wildman–Crippen LogP) is 2.24. The van der Waals surface area contributed by atoms with E-state index < -0.39 is 44.6 Å². The Balaban J connectivity index is 2.12. The van der Waals surface area contributed by atoms with E-state index >= 15 is 0 Å². The molecule has 1 aliphatic heterocycles. The highest BCUT2D eigenvalue weighted by molar-refractivity contribution is 7.89. The number of carboxylic acids is 1. The Bertz CT molecular complexity index is 842. The van der Waals surface area contributed by atoms with Crippen molar-refractivity contribution in [2.24, 2.45) is 5.92 Å². The second-order valence-electron chi connectivity index (χ2n) is 6.42. The van der Waals surface area contributed by atoms with Crippen molar-refractivity contribution in [1.82, 2.24) is 4.31 Å². The van der Waals surface area contributed by atoms with Crippen LogP contribution in [0.4, 0.5) is 8.78 Å². The van der Waals surface area contributed by atoms with E-state index in [0.29, 0.717) is 25.0 Å². The number of nitrogens with zero attached hydrogens (tertiary/aromatic N) is 2. The molecule has 0 radical (unpaired) electrons. The van der Waals surface area contributed by atoms with Crippen LogP contribution in [0, 0.1) is 28.9 Å². The van der Waals surface area contributed by atoms with E-state index in [-0.39, 0.29) is 17.9 Å². The molecule has 3 atom stereocenters. The number of hydrogen-bond acceptors (Lipinski definition) is 4. The van der Waals surface area contributed by atoms with Crippen LogP contribution in [-0.4, -0.2) is 35.9 Å². The first-order valence-corrected chi connectivity index (χ1v) is 9.37. The van der Waals surface area contributed by atoms with Gasteiger partial charge in [0.1, 0.15) is 17.7 Å². The van der Waals surface area contributed by atoms with Crippen molar-refractivity contribution < 1.29 is 27.1 Å². The Hall–Kier alpha value is -2.05. The van der Waals surface area contributed by atoms with E-state index in [2.05, 4.69) is 0 Å². The average molecular weight is 370 g/mol. The summed E-state index contributed by atoms with van der Waals surface area (Å²) in [5, 5.41) is 18.2. The van der Waals surface area contributed by atoms with Crippen molar-refractivity contribution in [2.75, 3.05) is 0 Å². The van der Waals surface area contributed by atoms with Crippen LogP contribution in [0.1, 0.15) is 37.7 Å². The van der Waals surface area contributed by atoms with Gasteiger partial charge in [-0.05, 0) is 37.3 Å². The van der Waals surface area contributed by atoms with E-state index in [1.54, 1.807) is 6.07 Å². The molecule has 0 amide bonds. The third kappa shape index (κ3) is 2.89. The highest BCUT2D eigenvalue weighted by Gasteiger charge is 2.52. The zero-order valence-corrected chi connectivity index (χ0v) is 14.0. The topological polar surface area (TPSA) is 98.5 Å². The summed E-state index contributed by atoms with van der Waals surface area (Å²) in [6.45, 7) is 0. The number of hydrogen-bond donors (Lipinski definition) is 1. The fourth-order valence-corrected chi connectivity index (χ4v) is 5.92. The summed E-state index contributed by atoms with van der Waals surface area (Å²) in [4.78, 5) is 10.4. The lowest BCUT2D eigenvalue weighted by Crippen LogP contribution is -2.46. The van der Waals surface area contributed by atoms with Gasteiger partial charge in [0, 0.05) is 6.04 Å². The van der Waals surface area contributed by atoms with Crippen molar-refractivity contribution in [3.8, 4) is 6.07 Å². The van der Waals surface area contributed by atoms with E-state index in [9.17, 15) is 27.1 Å². The molecule has 0 spiro atoms. The maximum Gasteiger partial charge on any atom is 0.322 e. The minimum atomic E-state index is -4.70. The molecule has 6 nitrogen and oxygen atoms in total. The molecule has 0 aromatic heterocycles. The molecular formula is C16H16F2N2O4S. The Kier molecular flexibility index (Phi) is 4.51. The SMILES string of the molecule is N#Cc1cc(F)c(S(=O)(=O)N2C(C(=O)O)CC3CCCCC32)c(F)c1. The summed E-state index contributed by atoms with van der Waals surface area (Å²) >= 11 is 0. The molecule has 3 unspecified atom stereocenters. The van der Waals surface area contributed by atoms with E-state index in [1.165, 1.54) is 0 Å². The monoisotopic (exact) mass is 370 g/mol. The molecule has 3 rings (SSSR count). The standard InChI is InChI=1S/C16H16F2N2O4S/c17-11-5-9(8-19)6-12(18)15(11)25(23,24)20-13-4-2-1-3-10(13)7-14(20)16(21)22/h5-6,10,13-14H,1-4,7H2,(H,21,22). The molecule has 1 N–H and O–H groups in total. The highest BCUT2D eigenvalue weighted by Crippen LogP contribution is 2.43. The summed E-state index contributed by atoms with van der Waals surface area (Å²) in [5.74, 6) is -4.23. The lowest BCUT2D eigenvalue weighted by molar-refractivity contribution is -0.141. The number of benzene rings is 1. The van der Waals surface area contributed by atoms with Gasteiger partial charge in [-0.15, -0.1) is 0 Å². The minimum absolute atomic E-state index is 0.130. The summed E-state index contributed by atoms with van der Waals surface area (Å²) in [6, 6.07) is 0.910. The number of sulfonamides is 1. The third-order valence-electron chi connectivity index (χ3n) is 4.98. The molecule has 1 saturated heterocycles. The highest BCUT2D eigenvalue weighted by atomic mass is 32.2. The fraction of sp³-hybridized carbons (Fsp3) is 0.500. The molecular weight excluding hydrogens is 354 g/mol. The van der Waals surface area contributed by atoms with Crippen molar-refractivity contribution >= 4 is 16.0 Å². The van der Waals surface area contributed by atoms with Crippen LogP contribution in [0.25, 0.3) is 0 Å². The van der Waals surface area contributed by atoms with Gasteiger partial charge >= 0.3 is 5.97 Å². The molecule has 1 aliphatic carbocycles. The maximum absolute atomic E-state index is 14.3. The van der Waals surface area contributed by atoms with Crippen LogP contribution < -0.4 is 0 Å². The largest absolute Gasteiger partial charge is 0.480 e. The van der Waals surface area contributed by atoms with Crippen LogP contribution in [0.15, 0.2) is 17.0 Å². The van der Waals surface area contributed by atoms with Gasteiger partial charge < -0.3 is 5.11 Å². The van der Waals surface area contributed by atoms with Gasteiger partial charge in [0.2, 0.25) is 10.0 Å². The summed E-state index contributed by atoms with van der Waals surface area (Å²) in [5.41, 5.74) is -0.347. The van der Waals surface area contributed by atoms with Crippen LogP contribution in [0.3, 0.4) is 0 Å². The summed E-state index contributed by atoms with van der Waals surface area (Å²) < 4.78 is 55.2. The number of carbonyl (C=O) groups is 1. The molecule has 1 heterocycles.